The number of ether oxygens (including phenoxy) is 1. The molecule has 0 unspecified atom stereocenters. The second-order valence-corrected chi connectivity index (χ2v) is 4.15. The molecular formula is C12H16ClNO. The minimum atomic E-state index is 0.362. The van der Waals surface area contributed by atoms with Crippen molar-refractivity contribution in [2.75, 3.05) is 25.6 Å². The first kappa shape index (κ1) is 10.9. The molecule has 82 valence electrons. The third-order valence-corrected chi connectivity index (χ3v) is 3.11. The number of benzene rings is 1. The Balaban J connectivity index is 1.97. The lowest BCUT2D eigenvalue weighted by molar-refractivity contribution is -0.00303. The Morgan fingerprint density at radius 3 is 2.87 bits per heavy atom. The van der Waals surface area contributed by atoms with E-state index in [0.717, 1.165) is 26.3 Å². The summed E-state index contributed by atoms with van der Waals surface area (Å²) >= 11 is 5.92. The molecular weight excluding hydrogens is 210 g/mol. The molecule has 0 radical (unpaired) electrons. The zero-order valence-corrected chi connectivity index (χ0v) is 9.49. The smallest absolute Gasteiger partial charge is 0.0634 e. The van der Waals surface area contributed by atoms with Crippen LogP contribution in [0.25, 0.3) is 0 Å². The van der Waals surface area contributed by atoms with Crippen LogP contribution in [0.2, 0.25) is 0 Å². The number of hydrogen-bond donors (Lipinski definition) is 0. The summed E-state index contributed by atoms with van der Waals surface area (Å²) in [6, 6.07) is 10.9. The van der Waals surface area contributed by atoms with Crippen LogP contribution in [-0.4, -0.2) is 36.6 Å². The van der Waals surface area contributed by atoms with Gasteiger partial charge in [-0.3, -0.25) is 4.90 Å². The molecule has 0 aliphatic carbocycles. The van der Waals surface area contributed by atoms with Crippen molar-refractivity contribution in [3.63, 3.8) is 0 Å². The average Bonchev–Trinajstić information content (AvgIpc) is 2.31. The molecule has 2 nitrogen and oxygen atoms in total. The largest absolute Gasteiger partial charge is 0.378 e. The third-order valence-electron chi connectivity index (χ3n) is 2.76. The van der Waals surface area contributed by atoms with Crippen molar-refractivity contribution in [1.29, 1.82) is 0 Å². The normalized spacial score (nSPS) is 22.9. The van der Waals surface area contributed by atoms with Gasteiger partial charge < -0.3 is 4.74 Å². The summed E-state index contributed by atoms with van der Waals surface area (Å²) in [4.78, 5) is 2.39. The molecule has 3 heteroatoms. The number of rotatable bonds is 3. The molecule has 1 fully saturated rings. The Morgan fingerprint density at radius 2 is 2.13 bits per heavy atom. The van der Waals surface area contributed by atoms with E-state index in [1.807, 2.05) is 6.07 Å². The Bertz CT molecular complexity index is 291. The van der Waals surface area contributed by atoms with Crippen LogP contribution < -0.4 is 0 Å². The molecule has 1 heterocycles. The van der Waals surface area contributed by atoms with Crippen LogP contribution in [0.4, 0.5) is 0 Å². The van der Waals surface area contributed by atoms with Crippen LogP contribution in [0, 0.1) is 0 Å². The summed E-state index contributed by atoms with van der Waals surface area (Å²) in [7, 11) is 0. The summed E-state index contributed by atoms with van der Waals surface area (Å²) in [6.45, 7) is 3.53. The van der Waals surface area contributed by atoms with E-state index < -0.39 is 0 Å². The summed E-state index contributed by atoms with van der Waals surface area (Å²) in [5.74, 6) is 0.646. The second-order valence-electron chi connectivity index (χ2n) is 3.84. The molecule has 0 amide bonds. The summed E-state index contributed by atoms with van der Waals surface area (Å²) < 4.78 is 5.41. The molecule has 0 bridgehead atoms. The molecule has 1 aromatic carbocycles. The molecule has 0 saturated carbocycles. The first-order valence-corrected chi connectivity index (χ1v) is 5.85. The van der Waals surface area contributed by atoms with Gasteiger partial charge in [-0.2, -0.15) is 0 Å². The van der Waals surface area contributed by atoms with Gasteiger partial charge in [0, 0.05) is 25.0 Å². The number of hydrogen-bond acceptors (Lipinski definition) is 2. The SMILES string of the molecule is ClC[C@H]1COCCN1Cc1ccccc1. The minimum absolute atomic E-state index is 0.362. The predicted molar refractivity (Wildman–Crippen MR) is 62.2 cm³/mol. The van der Waals surface area contributed by atoms with Gasteiger partial charge in [0.2, 0.25) is 0 Å². The van der Waals surface area contributed by atoms with E-state index in [2.05, 4.69) is 29.2 Å². The van der Waals surface area contributed by atoms with E-state index in [-0.39, 0.29) is 0 Å². The van der Waals surface area contributed by atoms with Crippen LogP contribution in [-0.2, 0) is 11.3 Å². The third kappa shape index (κ3) is 2.94. The lowest BCUT2D eigenvalue weighted by Crippen LogP contribution is -2.45. The van der Waals surface area contributed by atoms with Crippen molar-refractivity contribution < 1.29 is 4.74 Å². The Hall–Kier alpha value is -0.570. The number of halogens is 1. The zero-order chi connectivity index (χ0) is 10.5. The molecule has 2 rings (SSSR count). The topological polar surface area (TPSA) is 12.5 Å². The van der Waals surface area contributed by atoms with Gasteiger partial charge >= 0.3 is 0 Å². The van der Waals surface area contributed by atoms with Crippen LogP contribution >= 0.6 is 11.6 Å². The molecule has 1 aromatic rings. The maximum absolute atomic E-state index is 5.92. The summed E-state index contributed by atoms with van der Waals surface area (Å²) in [5, 5.41) is 0. The molecule has 1 atom stereocenters. The van der Waals surface area contributed by atoms with Gasteiger partial charge in [0.15, 0.2) is 0 Å². The molecule has 1 saturated heterocycles. The minimum Gasteiger partial charge on any atom is -0.378 e. The van der Waals surface area contributed by atoms with Gasteiger partial charge in [0.05, 0.1) is 13.2 Å². The Kier molecular flexibility index (Phi) is 4.01. The van der Waals surface area contributed by atoms with Crippen molar-refractivity contribution in [1.82, 2.24) is 4.90 Å². The van der Waals surface area contributed by atoms with Gasteiger partial charge in [-0.15, -0.1) is 11.6 Å². The standard InChI is InChI=1S/C12H16ClNO/c13-8-12-10-15-7-6-14(12)9-11-4-2-1-3-5-11/h1-5,12H,6-10H2/t12-/m0/s1. The molecule has 15 heavy (non-hydrogen) atoms. The molecule has 1 aliphatic rings. The summed E-state index contributed by atoms with van der Waals surface area (Å²) in [6.07, 6.45) is 0. The van der Waals surface area contributed by atoms with E-state index in [9.17, 15) is 0 Å². The van der Waals surface area contributed by atoms with Crippen LogP contribution in [0.5, 0.6) is 0 Å². The number of nitrogens with zero attached hydrogens (tertiary/aromatic N) is 1. The van der Waals surface area contributed by atoms with E-state index in [4.69, 9.17) is 16.3 Å². The van der Waals surface area contributed by atoms with E-state index in [1.54, 1.807) is 0 Å². The fraction of sp³-hybridized carbons (Fsp3) is 0.500. The van der Waals surface area contributed by atoms with Crippen LogP contribution in [0.1, 0.15) is 5.56 Å². The van der Waals surface area contributed by atoms with Gasteiger partial charge in [-0.1, -0.05) is 30.3 Å². The van der Waals surface area contributed by atoms with Crippen molar-refractivity contribution >= 4 is 11.6 Å². The first-order chi connectivity index (χ1) is 7.40. The number of morpholine rings is 1. The highest BCUT2D eigenvalue weighted by Crippen LogP contribution is 2.13. The lowest BCUT2D eigenvalue weighted by Gasteiger charge is -2.34. The molecule has 0 aromatic heterocycles. The highest BCUT2D eigenvalue weighted by Gasteiger charge is 2.21. The van der Waals surface area contributed by atoms with E-state index >= 15 is 0 Å². The van der Waals surface area contributed by atoms with E-state index in [0.29, 0.717) is 11.9 Å². The van der Waals surface area contributed by atoms with Gasteiger partial charge in [0.25, 0.3) is 0 Å². The molecule has 0 N–H and O–H groups in total. The van der Waals surface area contributed by atoms with Crippen molar-refractivity contribution in [2.45, 2.75) is 12.6 Å². The van der Waals surface area contributed by atoms with E-state index in [1.165, 1.54) is 5.56 Å². The maximum Gasteiger partial charge on any atom is 0.0634 e. The summed E-state index contributed by atoms with van der Waals surface area (Å²) in [5.41, 5.74) is 1.34. The fourth-order valence-electron chi connectivity index (χ4n) is 1.86. The Labute approximate surface area is 95.8 Å². The average molecular weight is 226 g/mol. The van der Waals surface area contributed by atoms with Gasteiger partial charge in [-0.25, -0.2) is 0 Å². The monoisotopic (exact) mass is 225 g/mol. The first-order valence-electron chi connectivity index (χ1n) is 5.32. The van der Waals surface area contributed by atoms with Crippen molar-refractivity contribution in [2.24, 2.45) is 0 Å². The van der Waals surface area contributed by atoms with Crippen molar-refractivity contribution in [3.8, 4) is 0 Å². The fourth-order valence-corrected chi connectivity index (χ4v) is 2.14. The number of alkyl halides is 1. The maximum atomic E-state index is 5.92. The zero-order valence-electron chi connectivity index (χ0n) is 8.73. The van der Waals surface area contributed by atoms with Gasteiger partial charge in [-0.05, 0) is 5.56 Å². The highest BCUT2D eigenvalue weighted by atomic mass is 35.5. The predicted octanol–water partition coefficient (Wildman–Crippen LogP) is 2.13. The molecule has 0 spiro atoms. The lowest BCUT2D eigenvalue weighted by atomic mass is 10.1. The Morgan fingerprint density at radius 1 is 1.33 bits per heavy atom. The van der Waals surface area contributed by atoms with Crippen LogP contribution in [0.15, 0.2) is 30.3 Å². The van der Waals surface area contributed by atoms with Gasteiger partial charge in [0.1, 0.15) is 0 Å². The molecule has 1 aliphatic heterocycles. The van der Waals surface area contributed by atoms with Crippen molar-refractivity contribution in [3.05, 3.63) is 35.9 Å². The van der Waals surface area contributed by atoms with Crippen LogP contribution in [0.3, 0.4) is 0 Å². The quantitative estimate of drug-likeness (QED) is 0.731. The highest BCUT2D eigenvalue weighted by molar-refractivity contribution is 6.18. The second kappa shape index (κ2) is 5.50.